The van der Waals surface area contributed by atoms with Gasteiger partial charge in [-0.05, 0) is 44.4 Å². The van der Waals surface area contributed by atoms with Gasteiger partial charge in [0.2, 0.25) is 11.9 Å². The van der Waals surface area contributed by atoms with E-state index < -0.39 is 0 Å². The lowest BCUT2D eigenvalue weighted by molar-refractivity contribution is -0.121. The molecule has 0 saturated heterocycles. The Morgan fingerprint density at radius 2 is 2.32 bits per heavy atom. The molecule has 1 atom stereocenters. The van der Waals surface area contributed by atoms with Crippen LogP contribution in [0.15, 0.2) is 18.3 Å². The minimum Gasteiger partial charge on any atom is -0.352 e. The predicted molar refractivity (Wildman–Crippen MR) is 72.0 cm³/mol. The molecule has 2 N–H and O–H groups in total. The minimum absolute atomic E-state index is 0.00228. The zero-order chi connectivity index (χ0) is 13.4. The Hall–Kier alpha value is -2.11. The first-order chi connectivity index (χ1) is 9.11. The summed E-state index contributed by atoms with van der Waals surface area (Å²) in [7, 11) is 0. The Labute approximate surface area is 111 Å². The highest BCUT2D eigenvalue weighted by atomic mass is 16.2. The molecule has 1 saturated carbocycles. The third-order valence-electron chi connectivity index (χ3n) is 3.16. The smallest absolute Gasteiger partial charge is 0.243 e. The zero-order valence-corrected chi connectivity index (χ0v) is 11.1. The van der Waals surface area contributed by atoms with Crippen LogP contribution in [0.5, 0.6) is 0 Å². The maximum atomic E-state index is 11.8. The summed E-state index contributed by atoms with van der Waals surface area (Å²) in [4.78, 5) is 16.2. The van der Waals surface area contributed by atoms with Crippen molar-refractivity contribution >= 4 is 17.5 Å². The average Bonchev–Trinajstić information content (AvgIpc) is 3.08. The SMILES string of the molecule is Cc1ccn2nc(NC(C)C(=O)NC3CC3)nc2c1. The van der Waals surface area contributed by atoms with Crippen LogP contribution in [0.25, 0.3) is 5.65 Å². The second-order valence-electron chi connectivity index (χ2n) is 5.09. The Bertz CT molecular complexity index is 617. The number of carbonyl (C=O) groups is 1. The van der Waals surface area contributed by atoms with E-state index in [0.717, 1.165) is 24.1 Å². The van der Waals surface area contributed by atoms with Crippen molar-refractivity contribution < 1.29 is 4.79 Å². The van der Waals surface area contributed by atoms with Crippen LogP contribution in [-0.4, -0.2) is 32.6 Å². The van der Waals surface area contributed by atoms with E-state index in [1.807, 2.05) is 32.2 Å². The number of hydrogen-bond acceptors (Lipinski definition) is 4. The number of hydrogen-bond donors (Lipinski definition) is 2. The molecule has 1 fully saturated rings. The van der Waals surface area contributed by atoms with E-state index in [1.165, 1.54) is 0 Å². The topological polar surface area (TPSA) is 71.3 Å². The first-order valence-corrected chi connectivity index (χ1v) is 6.52. The van der Waals surface area contributed by atoms with Crippen LogP contribution in [0.4, 0.5) is 5.95 Å². The van der Waals surface area contributed by atoms with Gasteiger partial charge >= 0.3 is 0 Å². The fraction of sp³-hybridized carbons (Fsp3) is 0.462. The number of aryl methyl sites for hydroxylation is 1. The van der Waals surface area contributed by atoms with E-state index in [-0.39, 0.29) is 11.9 Å². The Balaban J connectivity index is 1.71. The van der Waals surface area contributed by atoms with E-state index in [0.29, 0.717) is 12.0 Å². The van der Waals surface area contributed by atoms with Gasteiger partial charge < -0.3 is 10.6 Å². The van der Waals surface area contributed by atoms with E-state index in [4.69, 9.17) is 0 Å². The van der Waals surface area contributed by atoms with Gasteiger partial charge in [0.15, 0.2) is 5.65 Å². The molecule has 0 aromatic carbocycles. The molecule has 1 unspecified atom stereocenters. The fourth-order valence-corrected chi connectivity index (χ4v) is 1.86. The molecule has 0 aliphatic heterocycles. The molecular weight excluding hydrogens is 242 g/mol. The standard InChI is InChI=1S/C13H17N5O/c1-8-5-6-18-11(7-8)16-13(17-18)14-9(2)12(19)15-10-3-4-10/h5-7,9-10H,3-4H2,1-2H3,(H,14,17)(H,15,19). The summed E-state index contributed by atoms with van der Waals surface area (Å²) < 4.78 is 1.70. The number of anilines is 1. The number of nitrogens with zero attached hydrogens (tertiary/aromatic N) is 3. The number of amides is 1. The van der Waals surface area contributed by atoms with Gasteiger partial charge in [-0.2, -0.15) is 4.98 Å². The number of nitrogens with one attached hydrogen (secondary N) is 2. The van der Waals surface area contributed by atoms with Crippen molar-refractivity contribution in [3.05, 3.63) is 23.9 Å². The van der Waals surface area contributed by atoms with Crippen LogP contribution < -0.4 is 10.6 Å². The summed E-state index contributed by atoms with van der Waals surface area (Å²) in [5.74, 6) is 0.474. The van der Waals surface area contributed by atoms with Crippen molar-refractivity contribution in [2.24, 2.45) is 0 Å². The molecule has 2 heterocycles. The molecule has 2 aromatic heterocycles. The van der Waals surface area contributed by atoms with E-state index in [9.17, 15) is 4.79 Å². The lowest BCUT2D eigenvalue weighted by atomic mass is 10.3. The maximum Gasteiger partial charge on any atom is 0.243 e. The molecule has 1 aliphatic rings. The van der Waals surface area contributed by atoms with Crippen LogP contribution in [0.1, 0.15) is 25.3 Å². The molecule has 19 heavy (non-hydrogen) atoms. The summed E-state index contributed by atoms with van der Waals surface area (Å²) in [6, 6.07) is 3.95. The molecule has 100 valence electrons. The minimum atomic E-state index is -0.334. The summed E-state index contributed by atoms with van der Waals surface area (Å²) in [5, 5.41) is 10.3. The van der Waals surface area contributed by atoms with Crippen LogP contribution >= 0.6 is 0 Å². The lowest BCUT2D eigenvalue weighted by Gasteiger charge is -2.11. The molecule has 1 amide bonds. The molecule has 0 spiro atoms. The van der Waals surface area contributed by atoms with Gasteiger partial charge in [0.05, 0.1) is 0 Å². The molecule has 0 radical (unpaired) electrons. The number of carbonyl (C=O) groups excluding carboxylic acids is 1. The third kappa shape index (κ3) is 2.67. The Kier molecular flexibility index (Phi) is 2.85. The summed E-state index contributed by atoms with van der Waals surface area (Å²) >= 11 is 0. The van der Waals surface area contributed by atoms with Gasteiger partial charge in [0, 0.05) is 12.2 Å². The summed E-state index contributed by atoms with van der Waals surface area (Å²) in [5.41, 5.74) is 1.91. The van der Waals surface area contributed by atoms with Crippen molar-refractivity contribution in [1.29, 1.82) is 0 Å². The van der Waals surface area contributed by atoms with Crippen LogP contribution in [-0.2, 0) is 4.79 Å². The summed E-state index contributed by atoms with van der Waals surface area (Å²) in [6.45, 7) is 3.82. The van der Waals surface area contributed by atoms with Crippen LogP contribution in [0, 0.1) is 6.92 Å². The predicted octanol–water partition coefficient (Wildman–Crippen LogP) is 1.12. The zero-order valence-electron chi connectivity index (χ0n) is 11.1. The first kappa shape index (κ1) is 12.0. The monoisotopic (exact) mass is 259 g/mol. The second-order valence-corrected chi connectivity index (χ2v) is 5.09. The van der Waals surface area contributed by atoms with Crippen molar-refractivity contribution in [3.8, 4) is 0 Å². The Morgan fingerprint density at radius 3 is 3.05 bits per heavy atom. The molecule has 2 aromatic rings. The maximum absolute atomic E-state index is 11.8. The molecule has 1 aliphatic carbocycles. The average molecular weight is 259 g/mol. The van der Waals surface area contributed by atoms with Gasteiger partial charge in [0.25, 0.3) is 0 Å². The van der Waals surface area contributed by atoms with Gasteiger partial charge in [-0.15, -0.1) is 5.10 Å². The van der Waals surface area contributed by atoms with Crippen molar-refractivity contribution in [2.45, 2.75) is 38.8 Å². The van der Waals surface area contributed by atoms with Crippen molar-refractivity contribution in [1.82, 2.24) is 19.9 Å². The fourth-order valence-electron chi connectivity index (χ4n) is 1.86. The van der Waals surface area contributed by atoms with Crippen LogP contribution in [0.3, 0.4) is 0 Å². The highest BCUT2D eigenvalue weighted by Gasteiger charge is 2.25. The lowest BCUT2D eigenvalue weighted by Crippen LogP contribution is -2.38. The van der Waals surface area contributed by atoms with Crippen LogP contribution in [0.2, 0.25) is 0 Å². The normalized spacial score (nSPS) is 16.3. The van der Waals surface area contributed by atoms with Gasteiger partial charge in [-0.1, -0.05) is 0 Å². The Morgan fingerprint density at radius 1 is 1.53 bits per heavy atom. The number of aromatic nitrogens is 3. The van der Waals surface area contributed by atoms with Gasteiger partial charge in [-0.25, -0.2) is 4.52 Å². The first-order valence-electron chi connectivity index (χ1n) is 6.52. The quantitative estimate of drug-likeness (QED) is 0.863. The highest BCUT2D eigenvalue weighted by molar-refractivity contribution is 5.84. The van der Waals surface area contributed by atoms with Gasteiger partial charge in [0.1, 0.15) is 6.04 Å². The second kappa shape index (κ2) is 4.53. The molecular formula is C13H17N5O. The van der Waals surface area contributed by atoms with Gasteiger partial charge in [-0.3, -0.25) is 4.79 Å². The van der Waals surface area contributed by atoms with E-state index >= 15 is 0 Å². The molecule has 6 heteroatoms. The molecule has 6 nitrogen and oxygen atoms in total. The summed E-state index contributed by atoms with van der Waals surface area (Å²) in [6.07, 6.45) is 4.03. The molecule has 3 rings (SSSR count). The van der Waals surface area contributed by atoms with Crippen molar-refractivity contribution in [3.63, 3.8) is 0 Å². The highest BCUT2D eigenvalue weighted by Crippen LogP contribution is 2.18. The van der Waals surface area contributed by atoms with E-state index in [2.05, 4.69) is 20.7 Å². The third-order valence-corrected chi connectivity index (χ3v) is 3.16. The number of pyridine rings is 1. The van der Waals surface area contributed by atoms with Crippen molar-refractivity contribution in [2.75, 3.05) is 5.32 Å². The largest absolute Gasteiger partial charge is 0.352 e. The van der Waals surface area contributed by atoms with E-state index in [1.54, 1.807) is 4.52 Å². The molecule has 0 bridgehead atoms. The number of fused-ring (bicyclic) bond motifs is 1. The number of rotatable bonds is 4.